The number of phenols is 1. The number of benzene rings is 2. The summed E-state index contributed by atoms with van der Waals surface area (Å²) in [4.78, 5) is 32.6. The van der Waals surface area contributed by atoms with Gasteiger partial charge in [-0.25, -0.2) is 4.98 Å². The van der Waals surface area contributed by atoms with Crippen LogP contribution in [0.2, 0.25) is 5.02 Å². The molecule has 3 aromatic rings. The highest BCUT2D eigenvalue weighted by Crippen LogP contribution is 2.38. The molecule has 1 amide bonds. The van der Waals surface area contributed by atoms with Crippen LogP contribution in [0, 0.1) is 0 Å². The predicted molar refractivity (Wildman–Crippen MR) is 120 cm³/mol. The summed E-state index contributed by atoms with van der Waals surface area (Å²) in [7, 11) is 0. The van der Waals surface area contributed by atoms with Crippen molar-refractivity contribution in [2.75, 3.05) is 11.9 Å². The van der Waals surface area contributed by atoms with Gasteiger partial charge in [0.15, 0.2) is 16.7 Å². The first-order valence-electron chi connectivity index (χ1n) is 9.72. The van der Waals surface area contributed by atoms with E-state index in [1.165, 1.54) is 17.8 Å². The minimum atomic E-state index is -0.498. The molecule has 0 aliphatic carbocycles. The first-order chi connectivity index (χ1) is 15.0. The fourth-order valence-electron chi connectivity index (χ4n) is 3.48. The third-order valence-electron chi connectivity index (χ3n) is 4.94. The summed E-state index contributed by atoms with van der Waals surface area (Å²) >= 11 is 7.53. The number of thioether (sulfide) groups is 1. The molecule has 7 nitrogen and oxygen atoms in total. The third-order valence-corrected chi connectivity index (χ3v) is 6.23. The van der Waals surface area contributed by atoms with Gasteiger partial charge in [-0.15, -0.1) is 0 Å². The number of rotatable bonds is 6. The highest BCUT2D eigenvalue weighted by Gasteiger charge is 2.31. The van der Waals surface area contributed by atoms with Gasteiger partial charge in [-0.1, -0.05) is 47.6 Å². The third kappa shape index (κ3) is 4.55. The van der Waals surface area contributed by atoms with Gasteiger partial charge in [0.1, 0.15) is 5.82 Å². The number of hydrogen-bond donors (Lipinski definition) is 3. The summed E-state index contributed by atoms with van der Waals surface area (Å²) < 4.78 is 5.45. The van der Waals surface area contributed by atoms with Crippen LogP contribution in [0.5, 0.6) is 11.5 Å². The fraction of sp³-hybridized carbons (Fsp3) is 0.227. The maximum Gasteiger partial charge on any atom is 0.257 e. The predicted octanol–water partition coefficient (Wildman–Crippen LogP) is 4.29. The number of aromatic nitrogens is 2. The lowest BCUT2D eigenvalue weighted by Crippen LogP contribution is -2.31. The maximum absolute atomic E-state index is 13.0. The van der Waals surface area contributed by atoms with E-state index in [1.807, 2.05) is 25.1 Å². The monoisotopic (exact) mass is 457 g/mol. The number of aromatic hydroxyl groups is 1. The number of halogens is 1. The molecule has 1 aliphatic rings. The second-order valence-electron chi connectivity index (χ2n) is 6.98. The number of amides is 1. The number of hydrogen-bond acceptors (Lipinski definition) is 6. The Kier molecular flexibility index (Phi) is 6.20. The Hall–Kier alpha value is -2.97. The summed E-state index contributed by atoms with van der Waals surface area (Å²) in [6.45, 7) is 2.19. The molecular formula is C22H20ClN3O4S. The number of carbonyl (C=O) groups is 1. The van der Waals surface area contributed by atoms with E-state index in [0.29, 0.717) is 39.4 Å². The van der Waals surface area contributed by atoms with E-state index in [-0.39, 0.29) is 29.5 Å². The Morgan fingerprint density at radius 2 is 2.06 bits per heavy atom. The molecule has 2 heterocycles. The van der Waals surface area contributed by atoms with Crippen LogP contribution < -0.4 is 15.6 Å². The molecule has 0 radical (unpaired) electrons. The van der Waals surface area contributed by atoms with Crippen molar-refractivity contribution >= 4 is 35.1 Å². The van der Waals surface area contributed by atoms with Crippen LogP contribution in [0.4, 0.5) is 5.82 Å². The Morgan fingerprint density at radius 3 is 2.84 bits per heavy atom. The average molecular weight is 458 g/mol. The number of nitrogens with one attached hydrogen (secondary N) is 2. The molecule has 0 saturated heterocycles. The van der Waals surface area contributed by atoms with E-state index < -0.39 is 5.92 Å². The standard InChI is InChI=1S/C22H20ClN3O4S/c1-2-30-17-9-12(7-8-16(17)27)14-10-18(28)24-20-19(14)21(29)26-22(25-20)31-11-13-5-3-4-6-15(13)23/h3-9,14,27H,2,10-11H2,1H3,(H2,24,25,26,28,29)/t14-/m1/s1. The molecule has 9 heteroatoms. The van der Waals surface area contributed by atoms with Crippen LogP contribution in [-0.4, -0.2) is 27.6 Å². The van der Waals surface area contributed by atoms with E-state index in [0.717, 1.165) is 5.56 Å². The summed E-state index contributed by atoms with van der Waals surface area (Å²) in [6, 6.07) is 12.3. The highest BCUT2D eigenvalue weighted by molar-refractivity contribution is 7.98. The van der Waals surface area contributed by atoms with Crippen LogP contribution >= 0.6 is 23.4 Å². The van der Waals surface area contributed by atoms with Crippen molar-refractivity contribution in [2.24, 2.45) is 0 Å². The quantitative estimate of drug-likeness (QED) is 0.376. The number of anilines is 1. The smallest absolute Gasteiger partial charge is 0.257 e. The molecular weight excluding hydrogens is 438 g/mol. The van der Waals surface area contributed by atoms with Crippen molar-refractivity contribution in [1.29, 1.82) is 0 Å². The summed E-state index contributed by atoms with van der Waals surface area (Å²) in [5.41, 5.74) is 1.68. The number of phenolic OH excluding ortho intramolecular Hbond substituents is 1. The number of H-pyrrole nitrogens is 1. The van der Waals surface area contributed by atoms with Crippen molar-refractivity contribution < 1.29 is 14.6 Å². The Morgan fingerprint density at radius 1 is 1.26 bits per heavy atom. The van der Waals surface area contributed by atoms with E-state index in [2.05, 4.69) is 15.3 Å². The molecule has 1 aromatic heterocycles. The molecule has 31 heavy (non-hydrogen) atoms. The largest absolute Gasteiger partial charge is 0.504 e. The number of carbonyl (C=O) groups excluding carboxylic acids is 1. The van der Waals surface area contributed by atoms with Crippen LogP contribution in [-0.2, 0) is 10.5 Å². The van der Waals surface area contributed by atoms with Crippen molar-refractivity contribution in [3.05, 3.63) is 74.5 Å². The van der Waals surface area contributed by atoms with Crippen LogP contribution in [0.1, 0.15) is 36.0 Å². The Balaban J connectivity index is 1.67. The molecule has 1 aliphatic heterocycles. The molecule has 3 N–H and O–H groups in total. The Bertz CT molecular complexity index is 1200. The zero-order valence-corrected chi connectivity index (χ0v) is 18.2. The molecule has 2 aromatic carbocycles. The zero-order valence-electron chi connectivity index (χ0n) is 16.6. The minimum absolute atomic E-state index is 0.00411. The lowest BCUT2D eigenvalue weighted by Gasteiger charge is -2.25. The van der Waals surface area contributed by atoms with Crippen molar-refractivity contribution in [3.63, 3.8) is 0 Å². The second-order valence-corrected chi connectivity index (χ2v) is 8.35. The van der Waals surface area contributed by atoms with Gasteiger partial charge in [-0.3, -0.25) is 9.59 Å². The molecule has 0 fully saturated rings. The van der Waals surface area contributed by atoms with Crippen LogP contribution in [0.25, 0.3) is 0 Å². The second kappa shape index (κ2) is 9.03. The van der Waals surface area contributed by atoms with Gasteiger partial charge in [-0.2, -0.15) is 0 Å². The number of ether oxygens (including phenoxy) is 1. The molecule has 4 rings (SSSR count). The fourth-order valence-corrected chi connectivity index (χ4v) is 4.63. The first kappa shape index (κ1) is 21.3. The van der Waals surface area contributed by atoms with Crippen molar-refractivity contribution in [1.82, 2.24) is 9.97 Å². The van der Waals surface area contributed by atoms with Gasteiger partial charge in [0.25, 0.3) is 5.56 Å². The molecule has 1 atom stereocenters. The van der Waals surface area contributed by atoms with Crippen LogP contribution in [0.15, 0.2) is 52.4 Å². The van der Waals surface area contributed by atoms with E-state index >= 15 is 0 Å². The van der Waals surface area contributed by atoms with Crippen molar-refractivity contribution in [3.8, 4) is 11.5 Å². The maximum atomic E-state index is 13.0. The average Bonchev–Trinajstić information content (AvgIpc) is 2.74. The van der Waals surface area contributed by atoms with Crippen LogP contribution in [0.3, 0.4) is 0 Å². The SMILES string of the molecule is CCOc1cc([C@H]2CC(=O)Nc3nc(SCc4ccccc4Cl)[nH]c(=O)c32)ccc1O. The van der Waals surface area contributed by atoms with Crippen molar-refractivity contribution in [2.45, 2.75) is 30.2 Å². The molecule has 0 spiro atoms. The number of aromatic amines is 1. The zero-order chi connectivity index (χ0) is 22.0. The summed E-state index contributed by atoms with van der Waals surface area (Å²) in [6.07, 6.45) is 0.0974. The molecule has 0 bridgehead atoms. The minimum Gasteiger partial charge on any atom is -0.504 e. The normalized spacial score (nSPS) is 15.3. The lowest BCUT2D eigenvalue weighted by molar-refractivity contribution is -0.116. The van der Waals surface area contributed by atoms with Gasteiger partial charge in [0.05, 0.1) is 12.2 Å². The van der Waals surface area contributed by atoms with Gasteiger partial charge >= 0.3 is 0 Å². The Labute approximate surface area is 187 Å². The summed E-state index contributed by atoms with van der Waals surface area (Å²) in [5.74, 6) is 0.353. The van der Waals surface area contributed by atoms with E-state index in [9.17, 15) is 14.7 Å². The van der Waals surface area contributed by atoms with Gasteiger partial charge in [0.2, 0.25) is 5.91 Å². The summed E-state index contributed by atoms with van der Waals surface area (Å²) in [5, 5.41) is 13.7. The number of fused-ring (bicyclic) bond motifs is 1. The molecule has 160 valence electrons. The molecule has 0 unspecified atom stereocenters. The highest BCUT2D eigenvalue weighted by atomic mass is 35.5. The van der Waals surface area contributed by atoms with Gasteiger partial charge in [-0.05, 0) is 36.2 Å². The van der Waals surface area contributed by atoms with Gasteiger partial charge < -0.3 is 20.1 Å². The first-order valence-corrected chi connectivity index (χ1v) is 11.1. The van der Waals surface area contributed by atoms with Gasteiger partial charge in [0, 0.05) is 23.1 Å². The lowest BCUT2D eigenvalue weighted by atomic mass is 9.86. The topological polar surface area (TPSA) is 104 Å². The molecule has 0 saturated carbocycles. The van der Waals surface area contributed by atoms with E-state index in [1.54, 1.807) is 18.2 Å². The van der Waals surface area contributed by atoms with E-state index in [4.69, 9.17) is 16.3 Å². The number of nitrogens with zero attached hydrogens (tertiary/aromatic N) is 1.